The predicted octanol–water partition coefficient (Wildman–Crippen LogP) is 2.41. The van der Waals surface area contributed by atoms with E-state index in [1.165, 1.54) is 18.2 Å². The fourth-order valence-electron chi connectivity index (χ4n) is 1.35. The van der Waals surface area contributed by atoms with Crippen LogP contribution in [-0.2, 0) is 10.0 Å². The average molecular weight is 260 g/mol. The van der Waals surface area contributed by atoms with Crippen LogP contribution in [0.2, 0.25) is 0 Å². The SMILES string of the molecule is CCCCS(=O)(=O)Nc1ccc(F)c(NC)c1. The minimum Gasteiger partial charge on any atom is -0.386 e. The highest BCUT2D eigenvalue weighted by atomic mass is 32.2. The summed E-state index contributed by atoms with van der Waals surface area (Å²) in [5.74, 6) is -0.334. The average Bonchev–Trinajstić information content (AvgIpc) is 2.29. The van der Waals surface area contributed by atoms with Crippen LogP contribution < -0.4 is 10.0 Å². The number of benzene rings is 1. The third-order valence-corrected chi connectivity index (χ3v) is 3.65. The first kappa shape index (κ1) is 13.8. The van der Waals surface area contributed by atoms with Crippen molar-refractivity contribution in [1.29, 1.82) is 0 Å². The molecule has 0 aliphatic rings. The molecule has 1 rings (SSSR count). The molecule has 0 heterocycles. The van der Waals surface area contributed by atoms with Gasteiger partial charge in [-0.3, -0.25) is 4.72 Å². The molecule has 6 heteroatoms. The van der Waals surface area contributed by atoms with Gasteiger partial charge in [0.25, 0.3) is 0 Å². The molecule has 1 aromatic carbocycles. The molecule has 0 saturated heterocycles. The second-order valence-corrected chi connectivity index (χ2v) is 5.56. The Morgan fingerprint density at radius 1 is 1.35 bits per heavy atom. The van der Waals surface area contributed by atoms with Gasteiger partial charge in [0.2, 0.25) is 10.0 Å². The molecule has 0 fully saturated rings. The lowest BCUT2D eigenvalue weighted by Gasteiger charge is -2.09. The molecule has 0 spiro atoms. The zero-order chi connectivity index (χ0) is 12.9. The van der Waals surface area contributed by atoms with Crippen molar-refractivity contribution in [3.63, 3.8) is 0 Å². The summed E-state index contributed by atoms with van der Waals surface area (Å²) in [6, 6.07) is 4.06. The standard InChI is InChI=1S/C11H17FN2O2S/c1-3-4-7-17(15,16)14-9-5-6-10(12)11(8-9)13-2/h5-6,8,13-14H,3-4,7H2,1-2H3. The van der Waals surface area contributed by atoms with Gasteiger partial charge in [-0.05, 0) is 24.6 Å². The summed E-state index contributed by atoms with van der Waals surface area (Å²) in [5.41, 5.74) is 0.632. The highest BCUT2D eigenvalue weighted by Crippen LogP contribution is 2.20. The largest absolute Gasteiger partial charge is 0.386 e. The van der Waals surface area contributed by atoms with Crippen LogP contribution in [0, 0.1) is 5.82 Å². The van der Waals surface area contributed by atoms with E-state index in [0.717, 1.165) is 6.42 Å². The number of rotatable bonds is 6. The third kappa shape index (κ3) is 4.22. The van der Waals surface area contributed by atoms with E-state index in [-0.39, 0.29) is 11.4 Å². The first-order valence-electron chi connectivity index (χ1n) is 5.46. The van der Waals surface area contributed by atoms with E-state index >= 15 is 0 Å². The fraction of sp³-hybridized carbons (Fsp3) is 0.455. The van der Waals surface area contributed by atoms with Gasteiger partial charge in [-0.25, -0.2) is 12.8 Å². The smallest absolute Gasteiger partial charge is 0.232 e. The van der Waals surface area contributed by atoms with Crippen molar-refractivity contribution in [2.24, 2.45) is 0 Å². The molecular formula is C11H17FN2O2S. The lowest BCUT2D eigenvalue weighted by molar-refractivity contribution is 0.597. The van der Waals surface area contributed by atoms with E-state index < -0.39 is 15.8 Å². The van der Waals surface area contributed by atoms with Gasteiger partial charge in [0.15, 0.2) is 0 Å². The Labute approximate surface area is 101 Å². The van der Waals surface area contributed by atoms with Crippen LogP contribution in [-0.4, -0.2) is 21.2 Å². The number of hydrogen-bond acceptors (Lipinski definition) is 3. The van der Waals surface area contributed by atoms with Crippen molar-refractivity contribution < 1.29 is 12.8 Å². The number of nitrogens with one attached hydrogen (secondary N) is 2. The summed E-state index contributed by atoms with van der Waals surface area (Å²) in [4.78, 5) is 0. The highest BCUT2D eigenvalue weighted by molar-refractivity contribution is 7.92. The van der Waals surface area contributed by atoms with Crippen LogP contribution in [0.5, 0.6) is 0 Å². The molecule has 0 amide bonds. The van der Waals surface area contributed by atoms with E-state index in [1.807, 2.05) is 6.92 Å². The van der Waals surface area contributed by atoms with Gasteiger partial charge >= 0.3 is 0 Å². The molecule has 0 saturated carbocycles. The highest BCUT2D eigenvalue weighted by Gasteiger charge is 2.10. The molecule has 2 N–H and O–H groups in total. The quantitative estimate of drug-likeness (QED) is 0.825. The Bertz CT molecular complexity index is 474. The van der Waals surface area contributed by atoms with Crippen molar-refractivity contribution in [1.82, 2.24) is 0 Å². The van der Waals surface area contributed by atoms with Crippen LogP contribution >= 0.6 is 0 Å². The molecule has 0 radical (unpaired) electrons. The van der Waals surface area contributed by atoms with Gasteiger partial charge in [0, 0.05) is 7.05 Å². The van der Waals surface area contributed by atoms with Crippen molar-refractivity contribution in [2.75, 3.05) is 22.8 Å². The second-order valence-electron chi connectivity index (χ2n) is 3.72. The molecule has 0 aliphatic heterocycles. The third-order valence-electron chi connectivity index (χ3n) is 2.28. The Balaban J connectivity index is 2.81. The van der Waals surface area contributed by atoms with Gasteiger partial charge in [0.05, 0.1) is 17.1 Å². The number of hydrogen-bond donors (Lipinski definition) is 2. The number of sulfonamides is 1. The topological polar surface area (TPSA) is 58.2 Å². The predicted molar refractivity (Wildman–Crippen MR) is 68.3 cm³/mol. The Kier molecular flexibility index (Phi) is 4.74. The van der Waals surface area contributed by atoms with Crippen molar-refractivity contribution in [2.45, 2.75) is 19.8 Å². The van der Waals surface area contributed by atoms with E-state index in [0.29, 0.717) is 12.1 Å². The first-order chi connectivity index (χ1) is 7.98. The zero-order valence-electron chi connectivity index (χ0n) is 9.96. The molecule has 17 heavy (non-hydrogen) atoms. The Morgan fingerprint density at radius 3 is 2.65 bits per heavy atom. The van der Waals surface area contributed by atoms with Crippen LogP contribution in [0.4, 0.5) is 15.8 Å². The maximum Gasteiger partial charge on any atom is 0.232 e. The van der Waals surface area contributed by atoms with E-state index in [1.54, 1.807) is 7.05 Å². The maximum absolute atomic E-state index is 13.2. The van der Waals surface area contributed by atoms with Gasteiger partial charge < -0.3 is 5.32 Å². The Hall–Kier alpha value is -1.30. The minimum atomic E-state index is -3.33. The van der Waals surface area contributed by atoms with Crippen molar-refractivity contribution >= 4 is 21.4 Å². The van der Waals surface area contributed by atoms with Gasteiger partial charge in [-0.1, -0.05) is 13.3 Å². The van der Waals surface area contributed by atoms with E-state index in [2.05, 4.69) is 10.0 Å². The van der Waals surface area contributed by atoms with Crippen molar-refractivity contribution in [3.8, 4) is 0 Å². The summed E-state index contributed by atoms with van der Waals surface area (Å²) in [6.45, 7) is 1.92. The summed E-state index contributed by atoms with van der Waals surface area (Å²) in [6.07, 6.45) is 1.42. The van der Waals surface area contributed by atoms with Crippen LogP contribution in [0.25, 0.3) is 0 Å². The minimum absolute atomic E-state index is 0.0791. The zero-order valence-corrected chi connectivity index (χ0v) is 10.8. The van der Waals surface area contributed by atoms with E-state index in [9.17, 15) is 12.8 Å². The monoisotopic (exact) mass is 260 g/mol. The number of unbranched alkanes of at least 4 members (excludes halogenated alkanes) is 1. The van der Waals surface area contributed by atoms with Gasteiger partial charge in [-0.2, -0.15) is 0 Å². The fourth-order valence-corrected chi connectivity index (χ4v) is 2.60. The molecule has 0 aromatic heterocycles. The molecule has 1 aromatic rings. The lowest BCUT2D eigenvalue weighted by Crippen LogP contribution is -2.16. The van der Waals surface area contributed by atoms with Crippen molar-refractivity contribution in [3.05, 3.63) is 24.0 Å². The molecule has 0 atom stereocenters. The Morgan fingerprint density at radius 2 is 2.06 bits per heavy atom. The van der Waals surface area contributed by atoms with Crippen LogP contribution in [0.3, 0.4) is 0 Å². The number of halogens is 1. The van der Waals surface area contributed by atoms with Gasteiger partial charge in [0.1, 0.15) is 5.82 Å². The molecule has 4 nitrogen and oxygen atoms in total. The molecule has 96 valence electrons. The lowest BCUT2D eigenvalue weighted by atomic mass is 10.3. The normalized spacial score (nSPS) is 11.2. The summed E-state index contributed by atoms with van der Waals surface area (Å²) in [7, 11) is -1.76. The summed E-state index contributed by atoms with van der Waals surface area (Å²) < 4.78 is 38.8. The van der Waals surface area contributed by atoms with Crippen LogP contribution in [0.1, 0.15) is 19.8 Å². The first-order valence-corrected chi connectivity index (χ1v) is 7.11. The molecule has 0 unspecified atom stereocenters. The van der Waals surface area contributed by atoms with Crippen LogP contribution in [0.15, 0.2) is 18.2 Å². The molecular weight excluding hydrogens is 243 g/mol. The molecule has 0 aliphatic carbocycles. The summed E-state index contributed by atoms with van der Waals surface area (Å²) in [5, 5.41) is 2.65. The van der Waals surface area contributed by atoms with E-state index in [4.69, 9.17) is 0 Å². The maximum atomic E-state index is 13.2. The second kappa shape index (κ2) is 5.86. The number of anilines is 2. The van der Waals surface area contributed by atoms with Gasteiger partial charge in [-0.15, -0.1) is 0 Å². The summed E-state index contributed by atoms with van der Waals surface area (Å²) >= 11 is 0. The molecule has 0 bridgehead atoms.